The number of carboxylic acid groups (broad SMARTS) is 2. The first-order valence-corrected chi connectivity index (χ1v) is 6.87. The van der Waals surface area contributed by atoms with Gasteiger partial charge in [-0.25, -0.2) is 0 Å². The summed E-state index contributed by atoms with van der Waals surface area (Å²) >= 11 is 0. The van der Waals surface area contributed by atoms with Crippen LogP contribution in [0.2, 0.25) is 0 Å². The Balaban J connectivity index is 4.88. The van der Waals surface area contributed by atoms with Crippen LogP contribution in [-0.2, 0) is 19.2 Å². The van der Waals surface area contributed by atoms with Crippen molar-refractivity contribution < 1.29 is 29.4 Å². The van der Waals surface area contributed by atoms with Crippen LogP contribution in [0.1, 0.15) is 33.6 Å². The molecule has 22 heavy (non-hydrogen) atoms. The van der Waals surface area contributed by atoms with E-state index < -0.39 is 41.9 Å². The van der Waals surface area contributed by atoms with E-state index in [1.807, 2.05) is 0 Å². The highest BCUT2D eigenvalue weighted by Gasteiger charge is 2.27. The van der Waals surface area contributed by atoms with Gasteiger partial charge in [0.05, 0.1) is 6.04 Å². The fourth-order valence-electron chi connectivity index (χ4n) is 1.48. The number of nitrogens with one attached hydrogen (secondary N) is 2. The van der Waals surface area contributed by atoms with Gasteiger partial charge in [-0.1, -0.05) is 13.8 Å². The number of amides is 2. The topological polar surface area (TPSA) is 159 Å². The zero-order valence-corrected chi connectivity index (χ0v) is 12.8. The molecule has 0 aliphatic heterocycles. The van der Waals surface area contributed by atoms with Gasteiger partial charge in [-0.05, 0) is 19.3 Å². The lowest BCUT2D eigenvalue weighted by atomic mass is 10.0. The van der Waals surface area contributed by atoms with Gasteiger partial charge >= 0.3 is 11.9 Å². The molecule has 6 N–H and O–H groups in total. The molecule has 9 heteroatoms. The third-order valence-corrected chi connectivity index (χ3v) is 3.03. The molecular formula is C13H23N3O6. The molecule has 0 rings (SSSR count). The number of aliphatic carboxylic acids is 2. The molecule has 0 aliphatic carbocycles. The Morgan fingerprint density at radius 2 is 1.55 bits per heavy atom. The Morgan fingerprint density at radius 3 is 1.95 bits per heavy atom. The molecule has 0 aliphatic rings. The van der Waals surface area contributed by atoms with Crippen molar-refractivity contribution in [3.63, 3.8) is 0 Å². The van der Waals surface area contributed by atoms with Crippen LogP contribution in [0.4, 0.5) is 0 Å². The minimum Gasteiger partial charge on any atom is -0.481 e. The smallest absolute Gasteiger partial charge is 0.325 e. The minimum absolute atomic E-state index is 0.163. The quantitative estimate of drug-likeness (QED) is 0.361. The molecule has 0 unspecified atom stereocenters. The van der Waals surface area contributed by atoms with Crippen molar-refractivity contribution in [1.82, 2.24) is 10.6 Å². The molecule has 0 radical (unpaired) electrons. The first-order chi connectivity index (χ1) is 10.1. The maximum absolute atomic E-state index is 12.0. The molecule has 0 saturated carbocycles. The van der Waals surface area contributed by atoms with E-state index in [-0.39, 0.29) is 18.8 Å². The molecule has 2 amide bonds. The molecule has 126 valence electrons. The van der Waals surface area contributed by atoms with Crippen LogP contribution in [0.15, 0.2) is 0 Å². The molecule has 0 aromatic heterocycles. The number of carbonyl (C=O) groups excluding carboxylic acids is 2. The van der Waals surface area contributed by atoms with Crippen LogP contribution >= 0.6 is 0 Å². The average molecular weight is 317 g/mol. The van der Waals surface area contributed by atoms with E-state index in [2.05, 4.69) is 10.6 Å². The summed E-state index contributed by atoms with van der Waals surface area (Å²) in [4.78, 5) is 45.2. The van der Waals surface area contributed by atoms with Gasteiger partial charge in [-0.3, -0.25) is 19.2 Å². The molecule has 0 aromatic rings. The number of carboxylic acids is 2. The number of carbonyl (C=O) groups is 4. The second kappa shape index (κ2) is 8.98. The molecule has 0 aromatic carbocycles. The van der Waals surface area contributed by atoms with Crippen molar-refractivity contribution in [1.29, 1.82) is 0 Å². The molecule has 0 bridgehead atoms. The first kappa shape index (κ1) is 19.8. The van der Waals surface area contributed by atoms with E-state index in [1.165, 1.54) is 6.92 Å². The Morgan fingerprint density at radius 1 is 1.00 bits per heavy atom. The highest BCUT2D eigenvalue weighted by Crippen LogP contribution is 2.03. The molecule has 0 heterocycles. The summed E-state index contributed by atoms with van der Waals surface area (Å²) in [6.45, 7) is 4.71. The minimum atomic E-state index is -1.24. The van der Waals surface area contributed by atoms with Crippen LogP contribution in [0.25, 0.3) is 0 Å². The molecule has 0 fully saturated rings. The van der Waals surface area contributed by atoms with E-state index in [4.69, 9.17) is 15.9 Å². The predicted octanol–water partition coefficient (Wildman–Crippen LogP) is -1.09. The third-order valence-electron chi connectivity index (χ3n) is 3.03. The molecule has 0 saturated heterocycles. The summed E-state index contributed by atoms with van der Waals surface area (Å²) < 4.78 is 0. The zero-order chi connectivity index (χ0) is 17.4. The van der Waals surface area contributed by atoms with Gasteiger partial charge < -0.3 is 26.6 Å². The number of hydrogen-bond acceptors (Lipinski definition) is 5. The first-order valence-electron chi connectivity index (χ1n) is 6.87. The van der Waals surface area contributed by atoms with E-state index in [0.29, 0.717) is 0 Å². The maximum atomic E-state index is 12.0. The Bertz CT molecular complexity index is 437. The second-order valence-electron chi connectivity index (χ2n) is 5.33. The SMILES string of the molecule is CC(C)[C@H](N)C(=O)N[C@@H](CCC(=O)O)C(=O)N[C@@H](C)C(=O)O. The Hall–Kier alpha value is -2.16. The fourth-order valence-corrected chi connectivity index (χ4v) is 1.48. The van der Waals surface area contributed by atoms with E-state index in [9.17, 15) is 19.2 Å². The molecular weight excluding hydrogens is 294 g/mol. The van der Waals surface area contributed by atoms with Crippen molar-refractivity contribution in [3.05, 3.63) is 0 Å². The van der Waals surface area contributed by atoms with Crippen molar-refractivity contribution in [2.45, 2.75) is 51.7 Å². The molecule has 0 spiro atoms. The summed E-state index contributed by atoms with van der Waals surface area (Å²) in [5.41, 5.74) is 5.66. The van der Waals surface area contributed by atoms with Crippen LogP contribution in [0.5, 0.6) is 0 Å². The lowest BCUT2D eigenvalue weighted by Crippen LogP contribution is -2.54. The largest absolute Gasteiger partial charge is 0.481 e. The van der Waals surface area contributed by atoms with E-state index >= 15 is 0 Å². The van der Waals surface area contributed by atoms with Crippen molar-refractivity contribution in [2.75, 3.05) is 0 Å². The van der Waals surface area contributed by atoms with Gasteiger partial charge in [0.15, 0.2) is 0 Å². The van der Waals surface area contributed by atoms with Crippen LogP contribution in [-0.4, -0.2) is 52.1 Å². The summed E-state index contributed by atoms with van der Waals surface area (Å²) in [6, 6.07) is -3.16. The van der Waals surface area contributed by atoms with Gasteiger partial charge in [-0.15, -0.1) is 0 Å². The summed E-state index contributed by atoms with van der Waals surface area (Å²) in [6.07, 6.45) is -0.513. The summed E-state index contributed by atoms with van der Waals surface area (Å²) in [5, 5.41) is 22.0. The normalized spacial score (nSPS) is 14.8. The predicted molar refractivity (Wildman–Crippen MR) is 76.9 cm³/mol. The monoisotopic (exact) mass is 317 g/mol. The van der Waals surface area contributed by atoms with E-state index in [0.717, 1.165) is 0 Å². The van der Waals surface area contributed by atoms with Crippen molar-refractivity contribution in [3.8, 4) is 0 Å². The number of nitrogens with two attached hydrogens (primary N) is 1. The highest BCUT2D eigenvalue weighted by molar-refractivity contribution is 5.92. The van der Waals surface area contributed by atoms with Crippen LogP contribution < -0.4 is 16.4 Å². The van der Waals surface area contributed by atoms with Gasteiger partial charge in [0.1, 0.15) is 12.1 Å². The van der Waals surface area contributed by atoms with Gasteiger partial charge in [-0.2, -0.15) is 0 Å². The lowest BCUT2D eigenvalue weighted by Gasteiger charge is -2.22. The summed E-state index contributed by atoms with van der Waals surface area (Å²) in [7, 11) is 0. The standard InChI is InChI=1S/C13H23N3O6/c1-6(2)10(14)12(20)16-8(4-5-9(17)18)11(19)15-7(3)13(21)22/h6-8,10H,4-5,14H2,1-3H3,(H,15,19)(H,16,20)(H,17,18)(H,21,22)/t7-,8-,10-/m0/s1. The molecule has 9 nitrogen and oxygen atoms in total. The van der Waals surface area contributed by atoms with Gasteiger partial charge in [0.25, 0.3) is 0 Å². The Labute approximate surface area is 128 Å². The van der Waals surface area contributed by atoms with Crippen molar-refractivity contribution >= 4 is 23.8 Å². The lowest BCUT2D eigenvalue weighted by molar-refractivity contribution is -0.142. The van der Waals surface area contributed by atoms with E-state index in [1.54, 1.807) is 13.8 Å². The Kier molecular flexibility index (Phi) is 8.10. The maximum Gasteiger partial charge on any atom is 0.325 e. The van der Waals surface area contributed by atoms with Crippen LogP contribution in [0.3, 0.4) is 0 Å². The third kappa shape index (κ3) is 7.02. The fraction of sp³-hybridized carbons (Fsp3) is 0.692. The van der Waals surface area contributed by atoms with Crippen molar-refractivity contribution in [2.24, 2.45) is 11.7 Å². The average Bonchev–Trinajstić information content (AvgIpc) is 2.41. The molecule has 3 atom stereocenters. The number of rotatable bonds is 9. The zero-order valence-electron chi connectivity index (χ0n) is 12.8. The summed E-state index contributed by atoms with van der Waals surface area (Å²) in [5.74, 6) is -3.90. The number of hydrogen-bond donors (Lipinski definition) is 5. The van der Waals surface area contributed by atoms with Gasteiger partial charge in [0, 0.05) is 6.42 Å². The highest BCUT2D eigenvalue weighted by atomic mass is 16.4. The van der Waals surface area contributed by atoms with Crippen LogP contribution in [0, 0.1) is 5.92 Å². The van der Waals surface area contributed by atoms with Gasteiger partial charge in [0.2, 0.25) is 11.8 Å². The second-order valence-corrected chi connectivity index (χ2v) is 5.33.